The maximum absolute atomic E-state index is 12.4. The summed E-state index contributed by atoms with van der Waals surface area (Å²) in [5, 5.41) is 0. The summed E-state index contributed by atoms with van der Waals surface area (Å²) in [6.45, 7) is 0. The minimum Gasteiger partial charge on any atom is -0.296 e. The van der Waals surface area contributed by atoms with E-state index in [4.69, 9.17) is 0 Å². The highest BCUT2D eigenvalue weighted by Crippen LogP contribution is 2.21. The predicted molar refractivity (Wildman–Crippen MR) is 80.7 cm³/mol. The summed E-state index contributed by atoms with van der Waals surface area (Å²) in [5.41, 5.74) is 0.569. The zero-order valence-electron chi connectivity index (χ0n) is 11.2. The molecule has 1 N–H and O–H groups in total. The predicted octanol–water partition coefficient (Wildman–Crippen LogP) is 2.55. The van der Waals surface area contributed by atoms with Crippen molar-refractivity contribution in [1.29, 1.82) is 0 Å². The van der Waals surface area contributed by atoms with Gasteiger partial charge in [0.25, 0.3) is 0 Å². The molecule has 2 amide bonds. The molecule has 7 heteroatoms. The van der Waals surface area contributed by atoms with Gasteiger partial charge < -0.3 is 0 Å². The third kappa shape index (κ3) is 3.39. The van der Waals surface area contributed by atoms with Crippen LogP contribution in [-0.2, 0) is 10.3 Å². The van der Waals surface area contributed by atoms with Gasteiger partial charge in [-0.25, -0.2) is 4.79 Å². The van der Waals surface area contributed by atoms with E-state index in [1.165, 1.54) is 19.2 Å². The largest absolute Gasteiger partial charge is 0.368 e. The van der Waals surface area contributed by atoms with Crippen LogP contribution in [0.15, 0.2) is 60.7 Å². The van der Waals surface area contributed by atoms with Crippen LogP contribution >= 0.6 is 0 Å². The van der Waals surface area contributed by atoms with Crippen LogP contribution in [0.5, 0.6) is 0 Å². The van der Waals surface area contributed by atoms with Crippen LogP contribution in [-0.4, -0.2) is 26.0 Å². The lowest BCUT2D eigenvalue weighted by atomic mass is 10.3. The molecule has 2 rings (SSSR count). The fourth-order valence-electron chi connectivity index (χ4n) is 1.80. The van der Waals surface area contributed by atoms with Gasteiger partial charge in [-0.15, -0.1) is 0 Å². The van der Waals surface area contributed by atoms with Crippen molar-refractivity contribution in [2.45, 2.75) is 0 Å². The van der Waals surface area contributed by atoms with Gasteiger partial charge in [-0.2, -0.15) is 12.7 Å². The summed E-state index contributed by atoms with van der Waals surface area (Å²) in [5.74, 6) is 0. The van der Waals surface area contributed by atoms with E-state index in [0.29, 0.717) is 9.99 Å². The van der Waals surface area contributed by atoms with Crippen LogP contribution in [0, 0.1) is 0 Å². The topological polar surface area (TPSA) is 77.9 Å². The Morgan fingerprint density at radius 2 is 1.33 bits per heavy atom. The quantitative estimate of drug-likeness (QED) is 0.884. The summed E-state index contributed by atoms with van der Waals surface area (Å²) < 4.78 is 32.8. The number of amides is 2. The van der Waals surface area contributed by atoms with Crippen molar-refractivity contribution in [3.63, 3.8) is 0 Å². The summed E-state index contributed by atoms with van der Waals surface area (Å²) >= 11 is 0. The van der Waals surface area contributed by atoms with Crippen LogP contribution in [0.25, 0.3) is 0 Å². The van der Waals surface area contributed by atoms with Crippen molar-refractivity contribution >= 4 is 27.7 Å². The number of nitrogens with zero attached hydrogens (tertiary/aromatic N) is 2. The average molecular weight is 306 g/mol. The first-order valence-corrected chi connectivity index (χ1v) is 7.46. The fraction of sp³-hybridized carbons (Fsp3) is 0.0714. The summed E-state index contributed by atoms with van der Waals surface area (Å²) in [7, 11) is -3.30. The molecule has 0 radical (unpaired) electrons. The Bertz CT molecular complexity index is 717. The Balaban J connectivity index is 2.41. The van der Waals surface area contributed by atoms with Gasteiger partial charge in [-0.05, 0) is 24.3 Å². The maximum atomic E-state index is 12.4. The lowest BCUT2D eigenvalue weighted by molar-refractivity contribution is 0.255. The normalized spacial score (nSPS) is 11.0. The molecule has 0 aromatic heterocycles. The van der Waals surface area contributed by atoms with E-state index >= 15 is 0 Å². The fourth-order valence-corrected chi connectivity index (χ4v) is 2.51. The Morgan fingerprint density at radius 1 is 0.905 bits per heavy atom. The molecule has 0 unspecified atom stereocenters. The third-order valence-electron chi connectivity index (χ3n) is 2.83. The van der Waals surface area contributed by atoms with Gasteiger partial charge in [-0.1, -0.05) is 36.4 Å². The number of carbonyl (C=O) groups is 1. The SMILES string of the molecule is CN(C(=O)N(c1ccccc1)S(=O)(=O)O)c1ccccc1. The Morgan fingerprint density at radius 3 is 1.76 bits per heavy atom. The molecule has 0 spiro atoms. The molecular formula is C14H14N2O4S. The van der Waals surface area contributed by atoms with E-state index in [2.05, 4.69) is 0 Å². The molecule has 21 heavy (non-hydrogen) atoms. The molecule has 0 fully saturated rings. The lowest BCUT2D eigenvalue weighted by Crippen LogP contribution is -2.44. The molecule has 0 saturated carbocycles. The summed E-state index contributed by atoms with van der Waals surface area (Å²) in [4.78, 5) is 13.5. The number of carbonyl (C=O) groups excluding carboxylic acids is 1. The Labute approximate surface area is 123 Å². The van der Waals surface area contributed by atoms with Gasteiger partial charge in [0.15, 0.2) is 0 Å². The van der Waals surface area contributed by atoms with E-state index in [-0.39, 0.29) is 5.69 Å². The van der Waals surface area contributed by atoms with E-state index in [1.807, 2.05) is 0 Å². The van der Waals surface area contributed by atoms with Gasteiger partial charge in [0.05, 0.1) is 5.69 Å². The van der Waals surface area contributed by atoms with E-state index in [0.717, 1.165) is 4.90 Å². The van der Waals surface area contributed by atoms with E-state index in [1.54, 1.807) is 48.5 Å². The second kappa shape index (κ2) is 5.94. The van der Waals surface area contributed by atoms with Crippen LogP contribution in [0.2, 0.25) is 0 Å². The van der Waals surface area contributed by atoms with Crippen LogP contribution in [0.4, 0.5) is 16.2 Å². The number of rotatable bonds is 3. The standard InChI is InChI=1S/C14H14N2O4S/c1-15(12-8-4-2-5-9-12)14(17)16(21(18,19)20)13-10-6-3-7-11-13/h2-11H,1H3,(H,18,19,20). The van der Waals surface area contributed by atoms with Gasteiger partial charge >= 0.3 is 16.3 Å². The van der Waals surface area contributed by atoms with Crippen molar-refractivity contribution in [3.8, 4) is 0 Å². The number of benzene rings is 2. The highest BCUT2D eigenvalue weighted by molar-refractivity contribution is 7.88. The van der Waals surface area contributed by atoms with Crippen LogP contribution in [0.1, 0.15) is 0 Å². The summed E-state index contributed by atoms with van der Waals surface area (Å²) in [6, 6.07) is 15.3. The van der Waals surface area contributed by atoms with Crippen molar-refractivity contribution in [3.05, 3.63) is 60.7 Å². The van der Waals surface area contributed by atoms with Gasteiger partial charge in [0, 0.05) is 12.7 Å². The first kappa shape index (κ1) is 15.0. The molecule has 0 aliphatic carbocycles. The second-order valence-corrected chi connectivity index (χ2v) is 5.52. The first-order chi connectivity index (χ1) is 9.91. The van der Waals surface area contributed by atoms with Crippen molar-refractivity contribution in [2.75, 3.05) is 16.3 Å². The Hall–Kier alpha value is -2.38. The molecular weight excluding hydrogens is 292 g/mol. The molecule has 0 aliphatic heterocycles. The molecule has 0 saturated heterocycles. The molecule has 6 nitrogen and oxygen atoms in total. The lowest BCUT2D eigenvalue weighted by Gasteiger charge is -2.25. The third-order valence-corrected chi connectivity index (χ3v) is 3.65. The van der Waals surface area contributed by atoms with E-state index in [9.17, 15) is 17.8 Å². The monoisotopic (exact) mass is 306 g/mol. The first-order valence-electron chi connectivity index (χ1n) is 6.07. The van der Waals surface area contributed by atoms with Crippen LogP contribution in [0.3, 0.4) is 0 Å². The van der Waals surface area contributed by atoms with E-state index < -0.39 is 16.3 Å². The molecule has 0 atom stereocenters. The average Bonchev–Trinajstić information content (AvgIpc) is 2.47. The molecule has 0 bridgehead atoms. The highest BCUT2D eigenvalue weighted by atomic mass is 32.2. The second-order valence-electron chi connectivity index (χ2n) is 4.25. The zero-order chi connectivity index (χ0) is 15.5. The van der Waals surface area contributed by atoms with Crippen LogP contribution < -0.4 is 9.21 Å². The number of hydrogen-bond acceptors (Lipinski definition) is 3. The van der Waals surface area contributed by atoms with Gasteiger partial charge in [0.2, 0.25) is 0 Å². The van der Waals surface area contributed by atoms with Gasteiger partial charge in [-0.3, -0.25) is 9.45 Å². The number of para-hydroxylation sites is 2. The Kier molecular flexibility index (Phi) is 4.25. The summed E-state index contributed by atoms with van der Waals surface area (Å²) in [6.07, 6.45) is 0. The van der Waals surface area contributed by atoms with Crippen molar-refractivity contribution in [2.24, 2.45) is 0 Å². The number of urea groups is 1. The molecule has 2 aromatic rings. The molecule has 0 heterocycles. The molecule has 0 aliphatic rings. The number of hydrogen-bond donors (Lipinski definition) is 1. The zero-order valence-corrected chi connectivity index (χ0v) is 12.1. The maximum Gasteiger partial charge on any atom is 0.368 e. The van der Waals surface area contributed by atoms with Gasteiger partial charge in [0.1, 0.15) is 0 Å². The van der Waals surface area contributed by atoms with Crippen molar-refractivity contribution < 1.29 is 17.8 Å². The minimum absolute atomic E-state index is 0.0628. The highest BCUT2D eigenvalue weighted by Gasteiger charge is 2.30. The minimum atomic E-state index is -4.73. The smallest absolute Gasteiger partial charge is 0.296 e. The van der Waals surface area contributed by atoms with Crippen molar-refractivity contribution in [1.82, 2.24) is 0 Å². The molecule has 2 aromatic carbocycles. The number of anilines is 2. The molecule has 110 valence electrons.